The fraction of sp³-hybridized carbons (Fsp3) is 0.736. The minimum Gasteiger partial charge on any atom is -0.480 e. The predicted octanol–water partition coefficient (Wildman–Crippen LogP) is -10.0. The fourth-order valence-corrected chi connectivity index (χ4v) is 15.6. The van der Waals surface area contributed by atoms with Crippen LogP contribution >= 0.6 is 11.8 Å². The highest BCUT2D eigenvalue weighted by molar-refractivity contribution is 7.98. The Morgan fingerprint density at radius 1 is 0.322 bits per heavy atom. The third kappa shape index (κ3) is 54.3. The van der Waals surface area contributed by atoms with Crippen LogP contribution in [0.5, 0.6) is 0 Å². The summed E-state index contributed by atoms with van der Waals surface area (Å²) in [6.45, 7) is 19.2. The highest BCUT2D eigenvalue weighted by atomic mass is 32.2. The number of hydrogen-bond donors (Lipinski definition) is 37. The Bertz CT molecular complexity index is 4460. The predicted molar refractivity (Wildman–Crippen MR) is 553 cm³/mol. The molecule has 0 aliphatic carbocycles. The molecule has 0 spiro atoms. The van der Waals surface area contributed by atoms with Gasteiger partial charge in [0.25, 0.3) is 0 Å². The number of nitrogens with one attached hydrogen (secondary N) is 27. The van der Waals surface area contributed by atoms with Crippen molar-refractivity contribution in [2.45, 2.75) is 327 Å². The largest absolute Gasteiger partial charge is 0.480 e. The van der Waals surface area contributed by atoms with Crippen LogP contribution in [0.25, 0.3) is 0 Å². The first kappa shape index (κ1) is 133. The number of rotatable bonds is 72. The molecule has 43 N–H and O–H groups in total. The summed E-state index contributed by atoms with van der Waals surface area (Å²) in [5.41, 5.74) is 33.6. The third-order valence-corrected chi connectivity index (χ3v) is 23.6. The van der Waals surface area contributed by atoms with Gasteiger partial charge in [0.05, 0.1) is 31.9 Å². The van der Waals surface area contributed by atoms with Gasteiger partial charge in [-0.3, -0.25) is 113 Å². The van der Waals surface area contributed by atoms with Crippen LogP contribution in [0.3, 0.4) is 0 Å². The van der Waals surface area contributed by atoms with Crippen LogP contribution in [0.1, 0.15) is 213 Å². The van der Waals surface area contributed by atoms with Gasteiger partial charge in [-0.05, 0) is 185 Å². The molecule has 57 nitrogen and oxygen atoms in total. The molecule has 1 aliphatic heterocycles. The zero-order valence-electron chi connectivity index (χ0n) is 88.0. The monoisotopic (exact) mass is 2140 g/mol. The van der Waals surface area contributed by atoms with Crippen molar-refractivity contribution in [1.82, 2.24) is 122 Å². The number of amides is 18. The molecule has 19 atom stereocenters. The van der Waals surface area contributed by atoms with E-state index < -0.39 is 271 Å². The number of carbonyl (C=O) groups is 19. The van der Waals surface area contributed by atoms with E-state index in [1.807, 2.05) is 20.1 Å². The summed E-state index contributed by atoms with van der Waals surface area (Å²) in [7, 11) is 0. The van der Waals surface area contributed by atoms with Crippen LogP contribution < -0.4 is 151 Å². The molecule has 58 heteroatoms. The van der Waals surface area contributed by atoms with Crippen LogP contribution in [0, 0.1) is 56.6 Å². The molecule has 0 unspecified atom stereocenters. The van der Waals surface area contributed by atoms with Gasteiger partial charge >= 0.3 is 5.97 Å². The number of guanidine groups is 5. The second-order valence-corrected chi connectivity index (χ2v) is 39.8. The van der Waals surface area contributed by atoms with E-state index in [4.69, 9.17) is 61.4 Å². The van der Waals surface area contributed by atoms with E-state index in [-0.39, 0.29) is 184 Å². The van der Waals surface area contributed by atoms with E-state index in [1.165, 1.54) is 25.6 Å². The smallest absolute Gasteiger partial charge is 0.326 e. The summed E-state index contributed by atoms with van der Waals surface area (Å²) in [6, 6.07) is -26.4. The molecular formula is C91H168N34O23S. The van der Waals surface area contributed by atoms with Gasteiger partial charge in [-0.1, -0.05) is 69.2 Å². The molecule has 846 valence electrons. The van der Waals surface area contributed by atoms with Gasteiger partial charge in [0.15, 0.2) is 29.8 Å². The van der Waals surface area contributed by atoms with Crippen LogP contribution in [0.2, 0.25) is 0 Å². The second-order valence-electron chi connectivity index (χ2n) is 38.8. The first-order valence-corrected chi connectivity index (χ1v) is 51.4. The number of aliphatic hydroxyl groups is 3. The molecule has 1 aliphatic rings. The number of likely N-dealkylation sites (tertiary alicyclic amines) is 1. The number of hydrogen-bond acceptors (Lipinski definition) is 29. The van der Waals surface area contributed by atoms with Crippen molar-refractivity contribution in [1.29, 1.82) is 27.0 Å². The average molecular weight is 2140 g/mol. The summed E-state index contributed by atoms with van der Waals surface area (Å²) < 4.78 is 0. The van der Waals surface area contributed by atoms with Gasteiger partial charge < -0.3 is 177 Å². The Balaban J connectivity index is 3.55. The van der Waals surface area contributed by atoms with Gasteiger partial charge in [0, 0.05) is 39.3 Å². The molecule has 1 saturated heterocycles. The lowest BCUT2D eigenvalue weighted by atomic mass is 10.00. The molecule has 1 rings (SSSR count). The highest BCUT2D eigenvalue weighted by Crippen LogP contribution is 2.21. The zero-order valence-corrected chi connectivity index (χ0v) is 88.8. The van der Waals surface area contributed by atoms with E-state index in [0.717, 1.165) is 18.7 Å². The van der Waals surface area contributed by atoms with Gasteiger partial charge in [-0.2, -0.15) is 11.8 Å². The van der Waals surface area contributed by atoms with E-state index in [9.17, 15) is 112 Å². The first-order chi connectivity index (χ1) is 69.8. The number of carboxylic acids is 1. The SMILES string of the molecule is CSCC[C@H](N)C(=O)N[C@@H](CC(C)C)C(=O)N[C@@H](CCCNC(=N)N)C(=O)N[C@@H](C)C(=O)N[C@@H](C)C(=O)N[C@@H](CC(C)C)C(=O)N[C@@H](CO)C(=O)N[C@H](C(=O)N[C@@H](C)C(=O)N[C@@H](CCCNC(=N)N)C(=O)N[C@@H](CCCNC(=N)N)C(=O)NCC(=O)N1CCC[C@H]1C(=O)N[C@@H](CCCNC(=N)N)C(=O)N[C@@H](CC(C)C)C(=O)N[C@@H](CO)C(=O)N[C@@H](CCCNC(=N)N)C(=O)N[C@@H](CC(C)C)C(=O)N[C@@H](CC(C)C)C(=O)O)[C@@H](C)O. The number of aliphatic carboxylic acids is 1. The molecule has 0 saturated carbocycles. The summed E-state index contributed by atoms with van der Waals surface area (Å²) in [4.78, 5) is 267. The Morgan fingerprint density at radius 3 is 0.899 bits per heavy atom. The van der Waals surface area contributed by atoms with Crippen molar-refractivity contribution in [3.05, 3.63) is 0 Å². The van der Waals surface area contributed by atoms with E-state index in [2.05, 4.69) is 117 Å². The molecule has 0 aromatic heterocycles. The van der Waals surface area contributed by atoms with Gasteiger partial charge in [-0.15, -0.1) is 0 Å². The van der Waals surface area contributed by atoms with Crippen LogP contribution in [-0.4, -0.2) is 353 Å². The van der Waals surface area contributed by atoms with Gasteiger partial charge in [0.1, 0.15) is 103 Å². The highest BCUT2D eigenvalue weighted by Gasteiger charge is 2.42. The van der Waals surface area contributed by atoms with Crippen LogP contribution in [0.15, 0.2) is 0 Å². The Kier molecular flexibility index (Phi) is 63.1. The Labute approximate surface area is 872 Å². The molecule has 149 heavy (non-hydrogen) atoms. The second kappa shape index (κ2) is 70.4. The minimum absolute atomic E-state index is 0.00228. The minimum atomic E-state index is -1.95. The van der Waals surface area contributed by atoms with Crippen molar-refractivity contribution in [2.24, 2.45) is 64.0 Å². The summed E-state index contributed by atoms with van der Waals surface area (Å²) in [5.74, 6) is -21.1. The molecule has 1 heterocycles. The standard InChI is InChI=1S/C91H168N34O23S/c1-44(2)36-59(117-71(132)50(12)109-69(130)49(11)110-74(135)55(23-17-30-104-88(95)96)114-78(139)60(37-45(3)4)118-72(133)53(92)28-35-149-15)80(141)123-65(43-127)83(144)124-68(52(14)128)85(146)111-51(13)70(131)112-56(24-18-31-105-89(97)98)75(136)113-54(22-16-29-103-87(93)94)73(134)108-41-67(129)125-34-21-27-66(125)84(145)116-58(26-20-33-107-91(101)102)77(138)120-62(39-47(7)8)81(142)122-64(42-126)82(143)115-57(25-19-32-106-90(99)100)76(137)119-61(38-46(5)6)79(140)121-63(86(147)148)40-48(9)10/h44-66,68,126-128H,16-43,92H2,1-15H3,(H,108,134)(H,109,130)(H,110,135)(H,111,146)(H,112,131)(H,113,136)(H,114,139)(H,115,143)(H,116,145)(H,117,132)(H,118,133)(H,119,137)(H,120,138)(H,121,140)(H,122,142)(H,123,141)(H,124,144)(H,147,148)(H4,93,94,103)(H4,95,96,104)(H4,97,98,105)(H4,99,100,106)(H4,101,102,107)/t49-,50-,51-,52+,53-,54-,55-,56-,57-,58-,59-,60-,61-,62-,63-,64-,65-,66-,68-/m0/s1. The number of aliphatic hydroxyl groups excluding tert-OH is 3. The first-order valence-electron chi connectivity index (χ1n) is 50.0. The topological polar surface area (TPSA) is 949 Å². The maximum absolute atomic E-state index is 14.6. The molecular weight excluding hydrogens is 1970 g/mol. The molecule has 0 bridgehead atoms. The van der Waals surface area contributed by atoms with Gasteiger partial charge in [-0.25, -0.2) is 4.79 Å². The van der Waals surface area contributed by atoms with E-state index >= 15 is 0 Å². The van der Waals surface area contributed by atoms with Crippen LogP contribution in [0.4, 0.5) is 0 Å². The number of carbonyl (C=O) groups excluding carboxylic acids is 18. The van der Waals surface area contributed by atoms with E-state index in [1.54, 1.807) is 55.4 Å². The molecule has 1 fully saturated rings. The quantitative estimate of drug-likeness (QED) is 0.0153. The number of thioether (sulfide) groups is 1. The number of nitrogens with zero attached hydrogens (tertiary/aromatic N) is 1. The average Bonchev–Trinajstić information content (AvgIpc) is 1.71. The fourth-order valence-electron chi connectivity index (χ4n) is 15.1. The van der Waals surface area contributed by atoms with Crippen molar-refractivity contribution < 1.29 is 112 Å². The maximum atomic E-state index is 14.6. The van der Waals surface area contributed by atoms with Crippen molar-refractivity contribution in [2.75, 3.05) is 71.0 Å². The maximum Gasteiger partial charge on any atom is 0.326 e. The van der Waals surface area contributed by atoms with Gasteiger partial charge in [0.2, 0.25) is 106 Å². The van der Waals surface area contributed by atoms with Crippen LogP contribution in [-0.2, 0) is 91.1 Å². The Hall–Kier alpha value is -13.5. The summed E-state index contributed by atoms with van der Waals surface area (Å²) in [6.07, 6.45) is 0.111. The van der Waals surface area contributed by atoms with E-state index in [0.29, 0.717) is 12.2 Å². The van der Waals surface area contributed by atoms with Crippen molar-refractivity contribution >= 4 is 154 Å². The lowest BCUT2D eigenvalue weighted by Gasteiger charge is -2.29. The lowest BCUT2D eigenvalue weighted by molar-refractivity contribution is -0.143. The number of nitrogens with two attached hydrogens (primary N) is 6. The van der Waals surface area contributed by atoms with Crippen molar-refractivity contribution in [3.63, 3.8) is 0 Å². The number of carboxylic acid groups (broad SMARTS) is 1. The zero-order chi connectivity index (χ0) is 113. The molecule has 0 radical (unpaired) electrons. The molecule has 0 aromatic rings. The molecule has 18 amide bonds. The normalized spacial score (nSPS) is 15.8. The van der Waals surface area contributed by atoms with Crippen molar-refractivity contribution in [3.8, 4) is 0 Å². The Morgan fingerprint density at radius 2 is 0.577 bits per heavy atom. The summed E-state index contributed by atoms with van der Waals surface area (Å²) >= 11 is 1.48. The summed E-state index contributed by atoms with van der Waals surface area (Å²) in [5, 5.41) is 135. The third-order valence-electron chi connectivity index (χ3n) is 23.0. The molecule has 0 aromatic carbocycles. The lowest BCUT2D eigenvalue weighted by Crippen LogP contribution is -2.62.